The van der Waals surface area contributed by atoms with E-state index in [0.29, 0.717) is 18.5 Å². The summed E-state index contributed by atoms with van der Waals surface area (Å²) in [6.07, 6.45) is 6.13. The highest BCUT2D eigenvalue weighted by Crippen LogP contribution is 2.35. The molecular weight excluding hydrogens is 539 g/mol. The number of fused-ring (bicyclic) bond motifs is 1. The summed E-state index contributed by atoms with van der Waals surface area (Å²) < 4.78 is 45.1. The molecule has 2 atom stereocenters. The third kappa shape index (κ3) is 6.41. The van der Waals surface area contributed by atoms with Crippen molar-refractivity contribution in [2.75, 3.05) is 4.90 Å². The van der Waals surface area contributed by atoms with E-state index in [0.717, 1.165) is 35.4 Å². The van der Waals surface area contributed by atoms with Crippen molar-refractivity contribution < 1.29 is 17.6 Å². The highest BCUT2D eigenvalue weighted by Gasteiger charge is 2.28. The summed E-state index contributed by atoms with van der Waals surface area (Å²) in [4.78, 5) is 20.1. The van der Waals surface area contributed by atoms with Crippen molar-refractivity contribution in [2.45, 2.75) is 62.9 Å². The Morgan fingerprint density at radius 3 is 2.63 bits per heavy atom. The van der Waals surface area contributed by atoms with Crippen molar-refractivity contribution in [3.8, 4) is 0 Å². The fourth-order valence-corrected chi connectivity index (χ4v) is 6.74. The van der Waals surface area contributed by atoms with E-state index in [1.165, 1.54) is 18.2 Å². The number of carbonyl (C=O) groups excluding carboxylic acids is 1. The molecule has 0 spiro atoms. The van der Waals surface area contributed by atoms with Gasteiger partial charge in [0.2, 0.25) is 15.9 Å². The molecule has 0 saturated carbocycles. The number of carbonyl (C=O) groups is 1. The number of hydrogen-bond donors (Lipinski definition) is 1. The summed E-state index contributed by atoms with van der Waals surface area (Å²) >= 11 is 0. The second kappa shape index (κ2) is 12.0. The number of hydrogen-bond acceptors (Lipinski definition) is 4. The lowest BCUT2D eigenvalue weighted by Gasteiger charge is -2.30. The number of benzene rings is 3. The second-order valence-corrected chi connectivity index (χ2v) is 12.5. The Balaban J connectivity index is 1.46. The number of amides is 1. The van der Waals surface area contributed by atoms with Gasteiger partial charge in [-0.2, -0.15) is 0 Å². The van der Waals surface area contributed by atoms with Gasteiger partial charge in [0.25, 0.3) is 0 Å². The van der Waals surface area contributed by atoms with Crippen LogP contribution < -0.4 is 9.62 Å². The van der Waals surface area contributed by atoms with Crippen molar-refractivity contribution in [2.24, 2.45) is 7.05 Å². The van der Waals surface area contributed by atoms with Crippen molar-refractivity contribution in [3.05, 3.63) is 113 Å². The lowest BCUT2D eigenvalue weighted by Crippen LogP contribution is -2.34. The third-order valence-corrected chi connectivity index (χ3v) is 9.33. The van der Waals surface area contributed by atoms with Crippen LogP contribution in [0, 0.1) is 12.7 Å². The maximum atomic E-state index is 13.8. The van der Waals surface area contributed by atoms with Crippen LogP contribution in [-0.4, -0.2) is 23.9 Å². The zero-order valence-electron chi connectivity index (χ0n) is 23.5. The van der Waals surface area contributed by atoms with E-state index in [9.17, 15) is 17.6 Å². The summed E-state index contributed by atoms with van der Waals surface area (Å²) in [6.45, 7) is 3.87. The van der Waals surface area contributed by atoms with E-state index in [1.807, 2.05) is 73.3 Å². The van der Waals surface area contributed by atoms with E-state index in [-0.39, 0.29) is 28.8 Å². The number of nitrogens with one attached hydrogen (secondary N) is 1. The smallest absolute Gasteiger partial charge is 0.241 e. The molecule has 1 aromatic heterocycles. The number of halogens is 1. The van der Waals surface area contributed by atoms with Gasteiger partial charge in [-0.1, -0.05) is 43.3 Å². The Labute approximate surface area is 241 Å². The molecule has 214 valence electrons. The van der Waals surface area contributed by atoms with Crippen LogP contribution in [0.5, 0.6) is 0 Å². The predicted octanol–water partition coefficient (Wildman–Crippen LogP) is 5.95. The zero-order valence-corrected chi connectivity index (χ0v) is 24.4. The van der Waals surface area contributed by atoms with E-state index in [1.54, 1.807) is 18.0 Å². The van der Waals surface area contributed by atoms with Crippen molar-refractivity contribution >= 4 is 21.6 Å². The minimum atomic E-state index is -3.90. The van der Waals surface area contributed by atoms with Gasteiger partial charge in [0, 0.05) is 37.6 Å². The van der Waals surface area contributed by atoms with Crippen molar-refractivity contribution in [3.63, 3.8) is 0 Å². The summed E-state index contributed by atoms with van der Waals surface area (Å²) in [7, 11) is -2.00. The van der Waals surface area contributed by atoms with Crippen LogP contribution in [0.4, 0.5) is 10.1 Å². The van der Waals surface area contributed by atoms with Crippen LogP contribution in [0.1, 0.15) is 66.2 Å². The van der Waals surface area contributed by atoms with Crippen LogP contribution in [-0.2, 0) is 34.8 Å². The van der Waals surface area contributed by atoms with Crippen LogP contribution in [0.2, 0.25) is 0 Å². The van der Waals surface area contributed by atoms with Gasteiger partial charge >= 0.3 is 0 Å². The first-order valence-corrected chi connectivity index (χ1v) is 15.3. The molecule has 9 heteroatoms. The summed E-state index contributed by atoms with van der Waals surface area (Å²) in [5.74, 6) is 0.269. The lowest BCUT2D eigenvalue weighted by atomic mass is 9.87. The second-order valence-electron chi connectivity index (χ2n) is 10.8. The summed E-state index contributed by atoms with van der Waals surface area (Å²) in [5, 5.41) is 0. The largest absolute Gasteiger partial charge is 0.337 e. The number of nitrogens with zero attached hydrogens (tertiary/aromatic N) is 3. The Bertz CT molecular complexity index is 1650. The molecule has 4 aromatic rings. The van der Waals surface area contributed by atoms with E-state index in [4.69, 9.17) is 0 Å². The Kier molecular flexibility index (Phi) is 8.37. The van der Waals surface area contributed by atoms with Crippen LogP contribution in [0.3, 0.4) is 0 Å². The lowest BCUT2D eigenvalue weighted by molar-refractivity contribution is -0.119. The number of aryl methyl sites for hydroxylation is 3. The monoisotopic (exact) mass is 574 g/mol. The normalized spacial score (nSPS) is 15.8. The summed E-state index contributed by atoms with van der Waals surface area (Å²) in [6, 6.07) is 19.2. The number of aromatic nitrogens is 2. The standard InChI is InChI=1S/C32H35FN4O3S/c1-22(24-8-5-4-6-9-24)19-32(38)37(21-31-34-16-17-36(31)3)26-13-12-25-10-7-11-30(28(25)20-26)35-41(39,40)27-14-15-29(33)23(2)18-27/h4-6,8-9,12-18,20,22,30,35H,7,10-11,19,21H2,1-3H3/t22-,30-/m1/s1. The predicted molar refractivity (Wildman–Crippen MR) is 157 cm³/mol. The molecule has 1 aliphatic rings. The molecule has 0 bridgehead atoms. The molecule has 41 heavy (non-hydrogen) atoms. The molecular formula is C32H35FN4O3S. The van der Waals surface area contributed by atoms with Gasteiger partial charge < -0.3 is 9.47 Å². The molecule has 1 heterocycles. The molecule has 0 fully saturated rings. The highest BCUT2D eigenvalue weighted by atomic mass is 32.2. The quantitative estimate of drug-likeness (QED) is 0.268. The van der Waals surface area contributed by atoms with Gasteiger partial charge in [-0.25, -0.2) is 22.5 Å². The van der Waals surface area contributed by atoms with Crippen LogP contribution in [0.15, 0.2) is 84.0 Å². The van der Waals surface area contributed by atoms with Gasteiger partial charge in [-0.3, -0.25) is 4.79 Å². The molecule has 0 aliphatic heterocycles. The van der Waals surface area contributed by atoms with Crippen molar-refractivity contribution in [1.82, 2.24) is 14.3 Å². The number of imidazole rings is 1. The first kappa shape index (κ1) is 28.7. The maximum absolute atomic E-state index is 13.8. The third-order valence-electron chi connectivity index (χ3n) is 7.86. The minimum Gasteiger partial charge on any atom is -0.337 e. The Morgan fingerprint density at radius 2 is 1.93 bits per heavy atom. The van der Waals surface area contributed by atoms with E-state index in [2.05, 4.69) is 9.71 Å². The first-order chi connectivity index (χ1) is 19.6. The van der Waals surface area contributed by atoms with E-state index >= 15 is 0 Å². The number of anilines is 1. The Hall–Kier alpha value is -3.82. The molecule has 0 radical (unpaired) electrons. The fourth-order valence-electron chi connectivity index (χ4n) is 5.40. The number of sulfonamides is 1. The number of rotatable bonds is 9. The molecule has 5 rings (SSSR count). The first-order valence-electron chi connectivity index (χ1n) is 13.8. The molecule has 3 aromatic carbocycles. The molecule has 0 saturated heterocycles. The molecule has 1 N–H and O–H groups in total. The van der Waals surface area contributed by atoms with Gasteiger partial charge in [-0.15, -0.1) is 0 Å². The van der Waals surface area contributed by atoms with Crippen LogP contribution >= 0.6 is 0 Å². The van der Waals surface area contributed by atoms with Gasteiger partial charge in [0.05, 0.1) is 11.4 Å². The van der Waals surface area contributed by atoms with E-state index < -0.39 is 21.9 Å². The van der Waals surface area contributed by atoms with Gasteiger partial charge in [0.15, 0.2) is 0 Å². The summed E-state index contributed by atoms with van der Waals surface area (Å²) in [5.41, 5.74) is 3.96. The maximum Gasteiger partial charge on any atom is 0.241 e. The SMILES string of the molecule is Cc1cc(S(=O)(=O)N[C@@H]2CCCc3ccc(N(Cc4nccn4C)C(=O)C[C@@H](C)c4ccccc4)cc32)ccc1F. The average Bonchev–Trinajstić information content (AvgIpc) is 3.37. The Morgan fingerprint density at radius 1 is 1.15 bits per heavy atom. The molecule has 1 aliphatic carbocycles. The fraction of sp³-hybridized carbons (Fsp3) is 0.312. The highest BCUT2D eigenvalue weighted by molar-refractivity contribution is 7.89. The van der Waals surface area contributed by atoms with Gasteiger partial charge in [-0.05, 0) is 84.7 Å². The molecule has 1 amide bonds. The van der Waals surface area contributed by atoms with Crippen molar-refractivity contribution in [1.29, 1.82) is 0 Å². The molecule has 7 nitrogen and oxygen atoms in total. The molecule has 0 unspecified atom stereocenters. The van der Waals surface area contributed by atoms with Crippen LogP contribution in [0.25, 0.3) is 0 Å². The average molecular weight is 575 g/mol. The zero-order chi connectivity index (χ0) is 29.1. The minimum absolute atomic E-state index is 0.0175. The topological polar surface area (TPSA) is 84.3 Å². The van der Waals surface area contributed by atoms with Gasteiger partial charge in [0.1, 0.15) is 11.6 Å².